The molecule has 20 heavy (non-hydrogen) atoms. The number of esters is 1. The number of fused-ring (bicyclic) bond motifs is 2. The third-order valence-electron chi connectivity index (χ3n) is 3.79. The average Bonchev–Trinajstić information content (AvgIpc) is 2.80. The Morgan fingerprint density at radius 3 is 2.95 bits per heavy atom. The van der Waals surface area contributed by atoms with E-state index in [1.54, 1.807) is 0 Å². The van der Waals surface area contributed by atoms with Crippen LogP contribution in [0.3, 0.4) is 0 Å². The molecule has 1 aliphatic heterocycles. The van der Waals surface area contributed by atoms with Crippen LogP contribution in [0.5, 0.6) is 0 Å². The van der Waals surface area contributed by atoms with Crippen molar-refractivity contribution in [2.45, 2.75) is 12.8 Å². The third kappa shape index (κ3) is 2.05. The lowest BCUT2D eigenvalue weighted by atomic mass is 10.00. The fourth-order valence-corrected chi connectivity index (χ4v) is 4.72. The Morgan fingerprint density at radius 1 is 1.50 bits per heavy atom. The van der Waals surface area contributed by atoms with Gasteiger partial charge in [-0.05, 0) is 46.0 Å². The zero-order valence-electron chi connectivity index (χ0n) is 10.8. The van der Waals surface area contributed by atoms with Gasteiger partial charge in [0.1, 0.15) is 5.82 Å². The number of hydrogen-bond donors (Lipinski definition) is 0. The van der Waals surface area contributed by atoms with Gasteiger partial charge in [0.25, 0.3) is 0 Å². The maximum absolute atomic E-state index is 14.0. The molecule has 2 aliphatic rings. The standard InChI is InChI=1S/C14H12BrFO3S/c1-19-14(17)9-5-11(16)13(15)12-8(9)4-7-2-3-20(18)6-10(7)12/h5H,2-4,6H2,1H3. The van der Waals surface area contributed by atoms with Gasteiger partial charge < -0.3 is 4.74 Å². The molecule has 6 heteroatoms. The number of carbonyl (C=O) groups is 1. The summed E-state index contributed by atoms with van der Waals surface area (Å²) >= 11 is 3.26. The number of rotatable bonds is 1. The number of methoxy groups -OCH3 is 1. The highest BCUT2D eigenvalue weighted by molar-refractivity contribution is 9.10. The summed E-state index contributed by atoms with van der Waals surface area (Å²) in [5.41, 5.74) is 3.85. The zero-order valence-corrected chi connectivity index (χ0v) is 13.2. The van der Waals surface area contributed by atoms with E-state index >= 15 is 0 Å². The Kier molecular flexibility index (Phi) is 3.54. The Hall–Kier alpha value is -1.01. The Bertz CT molecular complexity index is 681. The summed E-state index contributed by atoms with van der Waals surface area (Å²) in [6, 6.07) is 1.21. The summed E-state index contributed by atoms with van der Waals surface area (Å²) in [6.07, 6.45) is 1.36. The summed E-state index contributed by atoms with van der Waals surface area (Å²) in [7, 11) is 0.374. The van der Waals surface area contributed by atoms with Gasteiger partial charge >= 0.3 is 5.97 Å². The Morgan fingerprint density at radius 2 is 2.25 bits per heavy atom. The normalized spacial score (nSPS) is 20.6. The summed E-state index contributed by atoms with van der Waals surface area (Å²) in [5, 5.41) is 0. The highest BCUT2D eigenvalue weighted by Gasteiger charge is 2.33. The Labute approximate surface area is 126 Å². The van der Waals surface area contributed by atoms with Crippen molar-refractivity contribution in [3.8, 4) is 0 Å². The number of allylic oxidation sites excluding steroid dienone is 1. The van der Waals surface area contributed by atoms with Gasteiger partial charge in [0.05, 0.1) is 17.1 Å². The minimum atomic E-state index is -0.909. The minimum Gasteiger partial charge on any atom is -0.465 e. The van der Waals surface area contributed by atoms with Crippen molar-refractivity contribution < 1.29 is 18.1 Å². The molecule has 1 aromatic carbocycles. The van der Waals surface area contributed by atoms with Crippen LogP contribution in [0.1, 0.15) is 27.9 Å². The molecule has 3 nitrogen and oxygen atoms in total. The SMILES string of the molecule is COC(=O)c1cc(F)c(Br)c2c1CC1=C2CS(=O)CC1. The van der Waals surface area contributed by atoms with Crippen LogP contribution in [0.25, 0.3) is 5.57 Å². The van der Waals surface area contributed by atoms with E-state index in [-0.39, 0.29) is 5.56 Å². The lowest BCUT2D eigenvalue weighted by molar-refractivity contribution is 0.0599. The lowest BCUT2D eigenvalue weighted by Crippen LogP contribution is -2.12. The molecular formula is C14H12BrFO3S. The summed E-state index contributed by atoms with van der Waals surface area (Å²) in [4.78, 5) is 11.8. The van der Waals surface area contributed by atoms with Crippen molar-refractivity contribution in [1.82, 2.24) is 0 Å². The molecule has 0 spiro atoms. The maximum Gasteiger partial charge on any atom is 0.338 e. The van der Waals surface area contributed by atoms with Crippen molar-refractivity contribution in [2.75, 3.05) is 18.6 Å². The molecule has 1 atom stereocenters. The van der Waals surface area contributed by atoms with Crippen molar-refractivity contribution in [3.05, 3.63) is 38.6 Å². The second-order valence-electron chi connectivity index (χ2n) is 4.86. The highest BCUT2D eigenvalue weighted by Crippen LogP contribution is 2.44. The molecule has 0 aromatic heterocycles. The molecule has 1 unspecified atom stereocenters. The second kappa shape index (κ2) is 5.07. The lowest BCUT2D eigenvalue weighted by Gasteiger charge is -2.15. The van der Waals surface area contributed by atoms with Gasteiger partial charge in [-0.3, -0.25) is 4.21 Å². The zero-order chi connectivity index (χ0) is 14.4. The van der Waals surface area contributed by atoms with E-state index in [1.165, 1.54) is 13.2 Å². The number of ether oxygens (including phenoxy) is 1. The first-order chi connectivity index (χ1) is 9.52. The first kappa shape index (κ1) is 13.9. The monoisotopic (exact) mass is 358 g/mol. The van der Waals surface area contributed by atoms with E-state index < -0.39 is 22.6 Å². The van der Waals surface area contributed by atoms with Gasteiger partial charge in [-0.1, -0.05) is 5.57 Å². The van der Waals surface area contributed by atoms with Crippen LogP contribution in [0.2, 0.25) is 0 Å². The molecule has 0 bridgehead atoms. The summed E-state index contributed by atoms with van der Waals surface area (Å²) in [6.45, 7) is 0. The van der Waals surface area contributed by atoms with Gasteiger partial charge in [-0.25, -0.2) is 9.18 Å². The first-order valence-electron chi connectivity index (χ1n) is 6.18. The fraction of sp³-hybridized carbons (Fsp3) is 0.357. The van der Waals surface area contributed by atoms with Gasteiger partial charge in [0.15, 0.2) is 0 Å². The number of halogens is 2. The molecule has 106 valence electrons. The molecule has 3 rings (SSSR count). The highest BCUT2D eigenvalue weighted by atomic mass is 79.9. The van der Waals surface area contributed by atoms with Gasteiger partial charge in [-0.15, -0.1) is 0 Å². The molecule has 0 saturated carbocycles. The summed E-state index contributed by atoms with van der Waals surface area (Å²) in [5.74, 6) is 0.0498. The minimum absolute atomic E-state index is 0.267. The summed E-state index contributed by atoms with van der Waals surface area (Å²) < 4.78 is 30.9. The van der Waals surface area contributed by atoms with E-state index in [0.29, 0.717) is 28.0 Å². The molecule has 0 fully saturated rings. The molecular weight excluding hydrogens is 347 g/mol. The predicted molar refractivity (Wildman–Crippen MR) is 78.6 cm³/mol. The van der Waals surface area contributed by atoms with Crippen LogP contribution in [0, 0.1) is 5.82 Å². The van der Waals surface area contributed by atoms with E-state index in [9.17, 15) is 13.4 Å². The number of benzene rings is 1. The van der Waals surface area contributed by atoms with Gasteiger partial charge in [-0.2, -0.15) is 0 Å². The van der Waals surface area contributed by atoms with Crippen molar-refractivity contribution in [2.24, 2.45) is 0 Å². The fourth-order valence-electron chi connectivity index (χ4n) is 2.83. The molecule has 0 radical (unpaired) electrons. The largest absolute Gasteiger partial charge is 0.465 e. The molecule has 0 saturated heterocycles. The van der Waals surface area contributed by atoms with Gasteiger partial charge in [0.2, 0.25) is 0 Å². The van der Waals surface area contributed by atoms with E-state index in [2.05, 4.69) is 15.9 Å². The molecule has 0 amide bonds. The maximum atomic E-state index is 14.0. The Balaban J connectivity index is 2.21. The van der Waals surface area contributed by atoms with Crippen molar-refractivity contribution in [3.63, 3.8) is 0 Å². The second-order valence-corrected chi connectivity index (χ2v) is 7.23. The van der Waals surface area contributed by atoms with Crippen LogP contribution in [0.15, 0.2) is 16.1 Å². The number of carbonyl (C=O) groups excluding carboxylic acids is 1. The predicted octanol–water partition coefficient (Wildman–Crippen LogP) is 2.84. The molecule has 1 heterocycles. The van der Waals surface area contributed by atoms with E-state index in [4.69, 9.17) is 4.74 Å². The smallest absolute Gasteiger partial charge is 0.338 e. The number of hydrogen-bond acceptors (Lipinski definition) is 3. The van der Waals surface area contributed by atoms with E-state index in [0.717, 1.165) is 23.1 Å². The van der Waals surface area contributed by atoms with Crippen LogP contribution < -0.4 is 0 Å². The van der Waals surface area contributed by atoms with Gasteiger partial charge in [0, 0.05) is 27.9 Å². The van der Waals surface area contributed by atoms with Crippen LogP contribution in [0.4, 0.5) is 4.39 Å². The molecule has 0 N–H and O–H groups in total. The quantitative estimate of drug-likeness (QED) is 0.725. The van der Waals surface area contributed by atoms with Crippen LogP contribution in [-0.2, 0) is 22.0 Å². The average molecular weight is 359 g/mol. The van der Waals surface area contributed by atoms with Crippen LogP contribution >= 0.6 is 15.9 Å². The van der Waals surface area contributed by atoms with Crippen LogP contribution in [-0.4, -0.2) is 28.8 Å². The van der Waals surface area contributed by atoms with E-state index in [1.807, 2.05) is 0 Å². The third-order valence-corrected chi connectivity index (χ3v) is 5.83. The topological polar surface area (TPSA) is 43.4 Å². The van der Waals surface area contributed by atoms with Crippen molar-refractivity contribution >= 4 is 38.3 Å². The molecule has 1 aliphatic carbocycles. The van der Waals surface area contributed by atoms with Crippen molar-refractivity contribution in [1.29, 1.82) is 0 Å². The molecule has 1 aromatic rings. The first-order valence-corrected chi connectivity index (χ1v) is 8.46.